The Balaban J connectivity index is 1.75. The van der Waals surface area contributed by atoms with Crippen LogP contribution in [0.4, 0.5) is 5.69 Å². The quantitative estimate of drug-likeness (QED) is 0.869. The molecule has 1 aliphatic carbocycles. The SMILES string of the molecule is CC(=O)c1ccc(NC(=O)c2ccc3c(c2)CCCC3)cc1. The van der Waals surface area contributed by atoms with Crippen LogP contribution in [0.15, 0.2) is 42.5 Å². The number of carbonyl (C=O) groups is 2. The molecule has 0 saturated heterocycles. The third kappa shape index (κ3) is 3.08. The van der Waals surface area contributed by atoms with Crippen molar-refractivity contribution in [3.8, 4) is 0 Å². The molecule has 112 valence electrons. The number of amides is 1. The van der Waals surface area contributed by atoms with E-state index in [0.29, 0.717) is 16.8 Å². The molecule has 0 bridgehead atoms. The Morgan fingerprint density at radius 1 is 0.864 bits per heavy atom. The Morgan fingerprint density at radius 3 is 2.18 bits per heavy atom. The van der Waals surface area contributed by atoms with Crippen molar-refractivity contribution >= 4 is 17.4 Å². The van der Waals surface area contributed by atoms with Crippen molar-refractivity contribution < 1.29 is 9.59 Å². The van der Waals surface area contributed by atoms with Crippen molar-refractivity contribution in [1.29, 1.82) is 0 Å². The number of Topliss-reactive ketones (excluding diaryl/α,β-unsaturated/α-hetero) is 1. The summed E-state index contributed by atoms with van der Waals surface area (Å²) in [7, 11) is 0. The van der Waals surface area contributed by atoms with Gasteiger partial charge < -0.3 is 5.32 Å². The van der Waals surface area contributed by atoms with Gasteiger partial charge in [0.2, 0.25) is 0 Å². The number of hydrogen-bond donors (Lipinski definition) is 1. The Bertz CT molecular complexity index is 717. The van der Waals surface area contributed by atoms with E-state index in [1.165, 1.54) is 30.9 Å². The molecule has 0 unspecified atom stereocenters. The minimum Gasteiger partial charge on any atom is -0.322 e. The summed E-state index contributed by atoms with van der Waals surface area (Å²) in [5, 5.41) is 2.88. The molecule has 3 heteroatoms. The van der Waals surface area contributed by atoms with Gasteiger partial charge in [-0.15, -0.1) is 0 Å². The zero-order valence-electron chi connectivity index (χ0n) is 12.7. The number of anilines is 1. The molecule has 0 saturated carbocycles. The lowest BCUT2D eigenvalue weighted by molar-refractivity contribution is 0.101. The second kappa shape index (κ2) is 6.14. The van der Waals surface area contributed by atoms with Gasteiger partial charge in [-0.05, 0) is 80.1 Å². The molecule has 0 radical (unpaired) electrons. The van der Waals surface area contributed by atoms with Crippen molar-refractivity contribution in [3.05, 3.63) is 64.7 Å². The number of hydrogen-bond acceptors (Lipinski definition) is 2. The number of carbonyl (C=O) groups excluding carboxylic acids is 2. The molecule has 0 heterocycles. The minimum atomic E-state index is -0.107. The summed E-state index contributed by atoms with van der Waals surface area (Å²) in [6, 6.07) is 12.9. The van der Waals surface area contributed by atoms with E-state index in [-0.39, 0.29) is 11.7 Å². The number of nitrogens with one attached hydrogen (secondary N) is 1. The molecule has 2 aromatic rings. The van der Waals surface area contributed by atoms with Crippen molar-refractivity contribution in [2.45, 2.75) is 32.6 Å². The first kappa shape index (κ1) is 14.5. The van der Waals surface area contributed by atoms with E-state index in [0.717, 1.165) is 12.8 Å². The van der Waals surface area contributed by atoms with E-state index in [1.807, 2.05) is 12.1 Å². The Morgan fingerprint density at radius 2 is 1.50 bits per heavy atom. The van der Waals surface area contributed by atoms with Crippen molar-refractivity contribution in [2.75, 3.05) is 5.32 Å². The largest absolute Gasteiger partial charge is 0.322 e. The highest BCUT2D eigenvalue weighted by Gasteiger charge is 2.13. The first-order valence-electron chi connectivity index (χ1n) is 7.67. The van der Waals surface area contributed by atoms with Crippen molar-refractivity contribution in [3.63, 3.8) is 0 Å². The van der Waals surface area contributed by atoms with E-state index in [4.69, 9.17) is 0 Å². The van der Waals surface area contributed by atoms with Gasteiger partial charge in [-0.25, -0.2) is 0 Å². The number of aryl methyl sites for hydroxylation is 2. The fourth-order valence-electron chi connectivity index (χ4n) is 2.87. The van der Waals surface area contributed by atoms with E-state index in [9.17, 15) is 9.59 Å². The van der Waals surface area contributed by atoms with Gasteiger partial charge in [-0.1, -0.05) is 6.07 Å². The lowest BCUT2D eigenvalue weighted by atomic mass is 9.90. The van der Waals surface area contributed by atoms with Gasteiger partial charge in [0.05, 0.1) is 0 Å². The zero-order chi connectivity index (χ0) is 15.5. The average molecular weight is 293 g/mol. The topological polar surface area (TPSA) is 46.2 Å². The summed E-state index contributed by atoms with van der Waals surface area (Å²) < 4.78 is 0. The van der Waals surface area contributed by atoms with Crippen LogP contribution >= 0.6 is 0 Å². The van der Waals surface area contributed by atoms with Crippen molar-refractivity contribution in [1.82, 2.24) is 0 Å². The van der Waals surface area contributed by atoms with Crippen LogP contribution in [0.5, 0.6) is 0 Å². The lowest BCUT2D eigenvalue weighted by Gasteiger charge is -2.16. The van der Waals surface area contributed by atoms with Crippen LogP contribution in [-0.2, 0) is 12.8 Å². The maximum absolute atomic E-state index is 12.3. The molecule has 22 heavy (non-hydrogen) atoms. The number of benzene rings is 2. The molecular formula is C19H19NO2. The lowest BCUT2D eigenvalue weighted by Crippen LogP contribution is -2.13. The zero-order valence-corrected chi connectivity index (χ0v) is 12.7. The van der Waals surface area contributed by atoms with E-state index >= 15 is 0 Å². The van der Waals surface area contributed by atoms with Crippen molar-refractivity contribution in [2.24, 2.45) is 0 Å². The van der Waals surface area contributed by atoms with E-state index in [1.54, 1.807) is 24.3 Å². The fourth-order valence-corrected chi connectivity index (χ4v) is 2.87. The van der Waals surface area contributed by atoms with E-state index in [2.05, 4.69) is 11.4 Å². The summed E-state index contributed by atoms with van der Waals surface area (Å²) in [4.78, 5) is 23.6. The van der Waals surface area contributed by atoms with Gasteiger partial charge in [-0.3, -0.25) is 9.59 Å². The molecule has 0 fully saturated rings. The maximum Gasteiger partial charge on any atom is 0.255 e. The monoisotopic (exact) mass is 293 g/mol. The fraction of sp³-hybridized carbons (Fsp3) is 0.263. The third-order valence-corrected chi connectivity index (χ3v) is 4.16. The van der Waals surface area contributed by atoms with Crippen LogP contribution in [0.25, 0.3) is 0 Å². The first-order valence-corrected chi connectivity index (χ1v) is 7.67. The smallest absolute Gasteiger partial charge is 0.255 e. The molecule has 1 aliphatic rings. The number of ketones is 1. The molecular weight excluding hydrogens is 274 g/mol. The highest BCUT2D eigenvalue weighted by Crippen LogP contribution is 2.22. The third-order valence-electron chi connectivity index (χ3n) is 4.16. The summed E-state index contributed by atoms with van der Waals surface area (Å²) in [5.74, 6) is -0.0866. The van der Waals surface area contributed by atoms with Gasteiger partial charge in [0, 0.05) is 16.8 Å². The Labute approximate surface area is 130 Å². The maximum atomic E-state index is 12.3. The Kier molecular flexibility index (Phi) is 4.05. The van der Waals surface area contributed by atoms with Crippen LogP contribution in [0.2, 0.25) is 0 Å². The van der Waals surface area contributed by atoms with E-state index < -0.39 is 0 Å². The number of rotatable bonds is 3. The second-order valence-corrected chi connectivity index (χ2v) is 5.78. The van der Waals surface area contributed by atoms with Crippen LogP contribution < -0.4 is 5.32 Å². The summed E-state index contributed by atoms with van der Waals surface area (Å²) in [6.07, 6.45) is 4.61. The molecule has 2 aromatic carbocycles. The molecule has 0 aliphatic heterocycles. The van der Waals surface area contributed by atoms with Gasteiger partial charge in [0.1, 0.15) is 0 Å². The van der Waals surface area contributed by atoms with Crippen LogP contribution in [0.1, 0.15) is 51.6 Å². The van der Waals surface area contributed by atoms with Gasteiger partial charge in [0.15, 0.2) is 5.78 Å². The summed E-state index contributed by atoms with van der Waals surface area (Å²) in [6.45, 7) is 1.53. The summed E-state index contributed by atoms with van der Waals surface area (Å²) in [5.41, 5.74) is 4.70. The summed E-state index contributed by atoms with van der Waals surface area (Å²) >= 11 is 0. The second-order valence-electron chi connectivity index (χ2n) is 5.78. The first-order chi connectivity index (χ1) is 10.6. The normalized spacial score (nSPS) is 13.3. The predicted molar refractivity (Wildman–Crippen MR) is 87.5 cm³/mol. The van der Waals surface area contributed by atoms with Gasteiger partial charge >= 0.3 is 0 Å². The van der Waals surface area contributed by atoms with Gasteiger partial charge in [0.25, 0.3) is 5.91 Å². The van der Waals surface area contributed by atoms with Crippen LogP contribution in [-0.4, -0.2) is 11.7 Å². The van der Waals surface area contributed by atoms with Gasteiger partial charge in [-0.2, -0.15) is 0 Å². The average Bonchev–Trinajstić information content (AvgIpc) is 2.55. The highest BCUT2D eigenvalue weighted by molar-refractivity contribution is 6.04. The van der Waals surface area contributed by atoms with Crippen LogP contribution in [0, 0.1) is 0 Å². The molecule has 0 spiro atoms. The Hall–Kier alpha value is -2.42. The minimum absolute atomic E-state index is 0.0209. The predicted octanol–water partition coefficient (Wildman–Crippen LogP) is 4.02. The molecule has 3 nitrogen and oxygen atoms in total. The molecule has 1 amide bonds. The molecule has 0 aromatic heterocycles. The highest BCUT2D eigenvalue weighted by atomic mass is 16.1. The molecule has 1 N–H and O–H groups in total. The molecule has 3 rings (SSSR count). The van der Waals surface area contributed by atoms with Crippen LogP contribution in [0.3, 0.4) is 0 Å². The molecule has 0 atom stereocenters. The standard InChI is InChI=1S/C19H19NO2/c1-13(21)14-8-10-18(11-9-14)20-19(22)17-7-6-15-4-2-3-5-16(15)12-17/h6-12H,2-5H2,1H3,(H,20,22). The number of fused-ring (bicyclic) bond motifs is 1.